The molecule has 0 saturated heterocycles. The first kappa shape index (κ1) is 16.1. The van der Waals surface area contributed by atoms with Crippen LogP contribution in [-0.4, -0.2) is 0 Å². The lowest BCUT2D eigenvalue weighted by Gasteiger charge is -2.18. The lowest BCUT2D eigenvalue weighted by atomic mass is 9.86. The first-order valence-corrected chi connectivity index (χ1v) is 9.73. The van der Waals surface area contributed by atoms with Crippen molar-refractivity contribution in [3.05, 3.63) is 113 Å². The molecule has 1 aliphatic carbocycles. The zero-order valence-electron chi connectivity index (χ0n) is 15.5. The van der Waals surface area contributed by atoms with E-state index in [1.54, 1.807) is 0 Å². The SMILES string of the molecule is CCC1=Cc2c(-c3cccc4ccccc34)cccc2C1c1ccccc1. The van der Waals surface area contributed by atoms with Gasteiger partial charge in [0, 0.05) is 5.92 Å². The number of fused-ring (bicyclic) bond motifs is 2. The number of benzene rings is 4. The van der Waals surface area contributed by atoms with Gasteiger partial charge >= 0.3 is 0 Å². The van der Waals surface area contributed by atoms with Gasteiger partial charge in [-0.15, -0.1) is 0 Å². The highest BCUT2D eigenvalue weighted by molar-refractivity contribution is 5.99. The molecule has 0 bridgehead atoms. The molecular weight excluding hydrogens is 324 g/mol. The van der Waals surface area contributed by atoms with Crippen molar-refractivity contribution in [2.24, 2.45) is 0 Å². The standard InChI is InChI=1S/C27H22/c1-2-19-18-26-24(23-15-8-13-20-10-6-7-14-22(20)23)16-9-17-25(26)27(19)21-11-4-3-5-12-21/h3-18,27H,2H2,1H3. The number of hydrogen-bond acceptors (Lipinski definition) is 0. The Morgan fingerprint density at radius 1 is 0.667 bits per heavy atom. The van der Waals surface area contributed by atoms with E-state index < -0.39 is 0 Å². The fourth-order valence-electron chi connectivity index (χ4n) is 4.50. The average Bonchev–Trinajstić information content (AvgIpc) is 3.13. The third-order valence-corrected chi connectivity index (χ3v) is 5.77. The molecule has 5 rings (SSSR count). The van der Waals surface area contributed by atoms with Crippen LogP contribution in [0.2, 0.25) is 0 Å². The summed E-state index contributed by atoms with van der Waals surface area (Å²) in [6.07, 6.45) is 3.51. The molecule has 0 aliphatic heterocycles. The minimum atomic E-state index is 0.376. The molecule has 0 fully saturated rings. The Morgan fingerprint density at radius 3 is 2.22 bits per heavy atom. The fraction of sp³-hybridized carbons (Fsp3) is 0.111. The highest BCUT2D eigenvalue weighted by Crippen LogP contribution is 2.46. The maximum Gasteiger partial charge on any atom is 0.0308 e. The second kappa shape index (κ2) is 6.55. The van der Waals surface area contributed by atoms with Crippen LogP contribution < -0.4 is 0 Å². The van der Waals surface area contributed by atoms with E-state index in [0.29, 0.717) is 5.92 Å². The number of hydrogen-bond donors (Lipinski definition) is 0. The third-order valence-electron chi connectivity index (χ3n) is 5.77. The summed E-state index contributed by atoms with van der Waals surface area (Å²) in [5.74, 6) is 0.376. The van der Waals surface area contributed by atoms with E-state index in [1.165, 1.54) is 44.2 Å². The lowest BCUT2D eigenvalue weighted by molar-refractivity contribution is 0.908. The van der Waals surface area contributed by atoms with Gasteiger partial charge < -0.3 is 0 Å². The Labute approximate surface area is 160 Å². The first-order valence-electron chi connectivity index (χ1n) is 9.73. The van der Waals surface area contributed by atoms with Crippen LogP contribution in [0.5, 0.6) is 0 Å². The maximum absolute atomic E-state index is 2.43. The van der Waals surface area contributed by atoms with E-state index >= 15 is 0 Å². The Kier molecular flexibility index (Phi) is 3.90. The number of allylic oxidation sites excluding steroid dienone is 1. The molecule has 4 aromatic rings. The van der Waals surface area contributed by atoms with Crippen LogP contribution in [0.4, 0.5) is 0 Å². The van der Waals surface area contributed by atoms with Gasteiger partial charge in [-0.25, -0.2) is 0 Å². The van der Waals surface area contributed by atoms with Crippen LogP contribution >= 0.6 is 0 Å². The van der Waals surface area contributed by atoms with Crippen molar-refractivity contribution in [3.63, 3.8) is 0 Å². The van der Waals surface area contributed by atoms with Crippen molar-refractivity contribution in [2.45, 2.75) is 19.3 Å². The molecule has 0 radical (unpaired) electrons. The molecule has 1 aliphatic rings. The van der Waals surface area contributed by atoms with Crippen molar-refractivity contribution < 1.29 is 0 Å². The highest BCUT2D eigenvalue weighted by atomic mass is 14.3. The maximum atomic E-state index is 2.43. The summed E-state index contributed by atoms with van der Waals surface area (Å²) < 4.78 is 0. The molecule has 0 heteroatoms. The van der Waals surface area contributed by atoms with Crippen LogP contribution in [0.3, 0.4) is 0 Å². The number of rotatable bonds is 3. The zero-order chi connectivity index (χ0) is 18.2. The molecular formula is C27H22. The lowest BCUT2D eigenvalue weighted by Crippen LogP contribution is -2.01. The molecule has 130 valence electrons. The molecule has 0 amide bonds. The van der Waals surface area contributed by atoms with Gasteiger partial charge in [-0.05, 0) is 45.0 Å². The molecule has 0 N–H and O–H groups in total. The van der Waals surface area contributed by atoms with Crippen molar-refractivity contribution >= 4 is 16.8 Å². The van der Waals surface area contributed by atoms with E-state index in [4.69, 9.17) is 0 Å². The van der Waals surface area contributed by atoms with Crippen molar-refractivity contribution in [3.8, 4) is 11.1 Å². The summed E-state index contributed by atoms with van der Waals surface area (Å²) in [4.78, 5) is 0. The van der Waals surface area contributed by atoms with Gasteiger partial charge in [0.25, 0.3) is 0 Å². The Balaban J connectivity index is 1.75. The van der Waals surface area contributed by atoms with Gasteiger partial charge in [-0.2, -0.15) is 0 Å². The van der Waals surface area contributed by atoms with E-state index in [9.17, 15) is 0 Å². The predicted octanol–water partition coefficient (Wildman–Crippen LogP) is 7.45. The van der Waals surface area contributed by atoms with Crippen LogP contribution in [0.15, 0.2) is 96.6 Å². The topological polar surface area (TPSA) is 0 Å². The Hall–Kier alpha value is -3.12. The molecule has 0 heterocycles. The normalized spacial score (nSPS) is 15.6. The minimum Gasteiger partial charge on any atom is -0.0622 e. The fourth-order valence-corrected chi connectivity index (χ4v) is 4.50. The van der Waals surface area contributed by atoms with E-state index in [2.05, 4.69) is 104 Å². The summed E-state index contributed by atoms with van der Waals surface area (Å²) in [5.41, 5.74) is 8.38. The smallest absolute Gasteiger partial charge is 0.0308 e. The highest BCUT2D eigenvalue weighted by Gasteiger charge is 2.27. The van der Waals surface area contributed by atoms with Crippen LogP contribution in [0.1, 0.15) is 36.0 Å². The largest absolute Gasteiger partial charge is 0.0622 e. The summed E-state index contributed by atoms with van der Waals surface area (Å²) in [5, 5.41) is 2.62. The Morgan fingerprint density at radius 2 is 1.37 bits per heavy atom. The molecule has 1 unspecified atom stereocenters. The average molecular weight is 346 g/mol. The van der Waals surface area contributed by atoms with Crippen molar-refractivity contribution in [2.75, 3.05) is 0 Å². The summed E-state index contributed by atoms with van der Waals surface area (Å²) in [7, 11) is 0. The van der Waals surface area contributed by atoms with E-state index in [1.807, 2.05) is 0 Å². The summed E-state index contributed by atoms with van der Waals surface area (Å²) in [6.45, 7) is 2.27. The molecule has 0 spiro atoms. The monoisotopic (exact) mass is 346 g/mol. The van der Waals surface area contributed by atoms with Gasteiger partial charge in [0.15, 0.2) is 0 Å². The third kappa shape index (κ3) is 2.61. The Bertz CT molecular complexity index is 1140. The molecule has 0 aromatic heterocycles. The van der Waals surface area contributed by atoms with Gasteiger partial charge in [0.05, 0.1) is 0 Å². The predicted molar refractivity (Wildman–Crippen MR) is 116 cm³/mol. The summed E-state index contributed by atoms with van der Waals surface area (Å²) >= 11 is 0. The minimum absolute atomic E-state index is 0.376. The van der Waals surface area contributed by atoms with Gasteiger partial charge in [0.1, 0.15) is 0 Å². The molecule has 1 atom stereocenters. The molecule has 0 nitrogen and oxygen atoms in total. The molecule has 27 heavy (non-hydrogen) atoms. The van der Waals surface area contributed by atoms with E-state index in [-0.39, 0.29) is 0 Å². The van der Waals surface area contributed by atoms with Crippen LogP contribution in [-0.2, 0) is 0 Å². The molecule has 4 aromatic carbocycles. The van der Waals surface area contributed by atoms with Crippen molar-refractivity contribution in [1.82, 2.24) is 0 Å². The second-order valence-electron chi connectivity index (χ2n) is 7.25. The summed E-state index contributed by atoms with van der Waals surface area (Å²) in [6, 6.07) is 33.0. The van der Waals surface area contributed by atoms with E-state index in [0.717, 1.165) is 6.42 Å². The van der Waals surface area contributed by atoms with Crippen LogP contribution in [0.25, 0.3) is 28.0 Å². The molecule has 0 saturated carbocycles. The second-order valence-corrected chi connectivity index (χ2v) is 7.25. The van der Waals surface area contributed by atoms with Gasteiger partial charge in [0.2, 0.25) is 0 Å². The van der Waals surface area contributed by atoms with Gasteiger partial charge in [-0.1, -0.05) is 110 Å². The quantitative estimate of drug-likeness (QED) is 0.361. The first-order chi connectivity index (χ1) is 13.4. The van der Waals surface area contributed by atoms with Crippen molar-refractivity contribution in [1.29, 1.82) is 0 Å². The van der Waals surface area contributed by atoms with Gasteiger partial charge in [-0.3, -0.25) is 0 Å². The van der Waals surface area contributed by atoms with Crippen LogP contribution in [0, 0.1) is 0 Å². The zero-order valence-corrected chi connectivity index (χ0v) is 15.5.